The second-order valence-electron chi connectivity index (χ2n) is 6.56. The Morgan fingerprint density at radius 2 is 1.15 bits per heavy atom. The van der Waals surface area contributed by atoms with Crippen molar-refractivity contribution < 1.29 is 0 Å². The molecule has 0 amide bonds. The first kappa shape index (κ1) is 20.8. The van der Waals surface area contributed by atoms with Crippen LogP contribution < -0.4 is 9.80 Å². The maximum absolute atomic E-state index is 3.89. The van der Waals surface area contributed by atoms with Crippen LogP contribution in [0.4, 0.5) is 11.4 Å². The van der Waals surface area contributed by atoms with Gasteiger partial charge in [0.1, 0.15) is 0 Å². The number of para-hydroxylation sites is 2. The van der Waals surface area contributed by atoms with E-state index in [9.17, 15) is 0 Å². The molecule has 0 unspecified atom stereocenters. The quantitative estimate of drug-likeness (QED) is 0.461. The van der Waals surface area contributed by atoms with Crippen LogP contribution in [-0.2, 0) is 0 Å². The lowest BCUT2D eigenvalue weighted by Gasteiger charge is -2.30. The summed E-state index contributed by atoms with van der Waals surface area (Å²) in [6, 6.07) is 17.6. The van der Waals surface area contributed by atoms with E-state index in [2.05, 4.69) is 105 Å². The first-order valence-corrected chi connectivity index (χ1v) is 10.2. The van der Waals surface area contributed by atoms with E-state index in [1.165, 1.54) is 22.5 Å². The highest BCUT2D eigenvalue weighted by Gasteiger charge is 2.21. The predicted octanol–water partition coefficient (Wildman–Crippen LogP) is 6.25. The molecular weight excluding hydrogens is 328 g/mol. The molecule has 0 aliphatic rings. The minimum atomic E-state index is 0.191. The van der Waals surface area contributed by atoms with Gasteiger partial charge in [0.2, 0.25) is 0 Å². The molecule has 2 heteroatoms. The van der Waals surface area contributed by atoms with Crippen molar-refractivity contribution in [2.24, 2.45) is 0 Å². The van der Waals surface area contributed by atoms with Crippen molar-refractivity contribution in [1.29, 1.82) is 0 Å². The summed E-state index contributed by atoms with van der Waals surface area (Å²) in [6.07, 6.45) is 6.22. The van der Waals surface area contributed by atoms with Crippen LogP contribution in [0.5, 0.6) is 0 Å². The van der Waals surface area contributed by atoms with E-state index in [1.807, 2.05) is 6.08 Å². The molecule has 27 heavy (non-hydrogen) atoms. The molecule has 0 bridgehead atoms. The summed E-state index contributed by atoms with van der Waals surface area (Å²) in [5, 5.41) is 0. The minimum absolute atomic E-state index is 0.191. The molecule has 0 radical (unpaired) electrons. The lowest BCUT2D eigenvalue weighted by molar-refractivity contribution is 0.837. The molecule has 2 rings (SSSR count). The van der Waals surface area contributed by atoms with Crippen molar-refractivity contribution in [1.82, 2.24) is 0 Å². The molecule has 0 aliphatic heterocycles. The van der Waals surface area contributed by atoms with Crippen molar-refractivity contribution in [3.63, 3.8) is 0 Å². The van der Waals surface area contributed by atoms with Crippen LogP contribution in [0.2, 0.25) is 0 Å². The summed E-state index contributed by atoms with van der Waals surface area (Å²) in [4.78, 5) is 4.87. The van der Waals surface area contributed by atoms with Crippen LogP contribution in [0, 0.1) is 0 Å². The second-order valence-corrected chi connectivity index (χ2v) is 6.56. The van der Waals surface area contributed by atoms with E-state index >= 15 is 0 Å². The number of rotatable bonds is 10. The molecule has 0 atom stereocenters. The fourth-order valence-electron chi connectivity index (χ4n) is 3.77. The zero-order valence-corrected chi connectivity index (χ0v) is 17.4. The normalized spacial score (nSPS) is 11.1. The van der Waals surface area contributed by atoms with Crippen molar-refractivity contribution >= 4 is 11.4 Å². The summed E-state index contributed by atoms with van der Waals surface area (Å²) in [7, 11) is 0. The second kappa shape index (κ2) is 10.6. The highest BCUT2D eigenvalue weighted by Crippen LogP contribution is 2.38. The van der Waals surface area contributed by atoms with Gasteiger partial charge in [-0.25, -0.2) is 0 Å². The van der Waals surface area contributed by atoms with Gasteiger partial charge in [-0.05, 0) is 51.0 Å². The summed E-state index contributed by atoms with van der Waals surface area (Å²) >= 11 is 0. The third-order valence-electron chi connectivity index (χ3n) is 5.19. The number of benzene rings is 2. The highest BCUT2D eigenvalue weighted by atomic mass is 15.1. The SMILES string of the molecule is C=CC=CC(c1ccccc1N(CC)CC)c1ccccc1N(CC)CC. The number of anilines is 2. The largest absolute Gasteiger partial charge is 0.372 e. The molecule has 2 aromatic carbocycles. The van der Waals surface area contributed by atoms with Crippen molar-refractivity contribution in [2.45, 2.75) is 33.6 Å². The Bertz CT molecular complexity index is 684. The van der Waals surface area contributed by atoms with E-state index < -0.39 is 0 Å². The van der Waals surface area contributed by atoms with E-state index in [-0.39, 0.29) is 5.92 Å². The van der Waals surface area contributed by atoms with Crippen LogP contribution in [0.15, 0.2) is 73.3 Å². The van der Waals surface area contributed by atoms with Crippen LogP contribution in [-0.4, -0.2) is 26.2 Å². The van der Waals surface area contributed by atoms with Gasteiger partial charge in [0.05, 0.1) is 0 Å². The van der Waals surface area contributed by atoms with Crippen LogP contribution >= 0.6 is 0 Å². The van der Waals surface area contributed by atoms with Crippen molar-refractivity contribution in [3.8, 4) is 0 Å². The van der Waals surface area contributed by atoms with Crippen LogP contribution in [0.25, 0.3) is 0 Å². The Morgan fingerprint density at radius 1 is 0.741 bits per heavy atom. The third-order valence-corrected chi connectivity index (χ3v) is 5.19. The number of hydrogen-bond donors (Lipinski definition) is 0. The molecular formula is C25H34N2. The van der Waals surface area contributed by atoms with E-state index in [1.54, 1.807) is 0 Å². The predicted molar refractivity (Wildman–Crippen MR) is 121 cm³/mol. The molecule has 0 aromatic heterocycles. The Balaban J connectivity index is 2.66. The van der Waals surface area contributed by atoms with Crippen LogP contribution in [0.3, 0.4) is 0 Å². The summed E-state index contributed by atoms with van der Waals surface area (Å²) < 4.78 is 0. The number of allylic oxidation sites excluding steroid dienone is 3. The first-order chi connectivity index (χ1) is 13.2. The molecule has 2 aromatic rings. The average molecular weight is 363 g/mol. The minimum Gasteiger partial charge on any atom is -0.372 e. The van der Waals surface area contributed by atoms with Gasteiger partial charge in [0.25, 0.3) is 0 Å². The fourth-order valence-corrected chi connectivity index (χ4v) is 3.77. The first-order valence-electron chi connectivity index (χ1n) is 10.2. The Hall–Kier alpha value is -2.48. The number of nitrogens with zero attached hydrogens (tertiary/aromatic N) is 2. The Kier molecular flexibility index (Phi) is 8.19. The van der Waals surface area contributed by atoms with Gasteiger partial charge in [0.15, 0.2) is 0 Å². The maximum atomic E-state index is 3.89. The van der Waals surface area contributed by atoms with Gasteiger partial charge in [-0.15, -0.1) is 0 Å². The van der Waals surface area contributed by atoms with Crippen LogP contribution in [0.1, 0.15) is 44.7 Å². The van der Waals surface area contributed by atoms with Crippen molar-refractivity contribution in [2.75, 3.05) is 36.0 Å². The zero-order chi connectivity index (χ0) is 19.6. The summed E-state index contributed by atoms with van der Waals surface area (Å²) in [5.41, 5.74) is 5.32. The monoisotopic (exact) mass is 362 g/mol. The van der Waals surface area contributed by atoms with Gasteiger partial charge < -0.3 is 9.80 Å². The summed E-state index contributed by atoms with van der Waals surface area (Å²) in [6.45, 7) is 16.8. The van der Waals surface area contributed by atoms with Gasteiger partial charge in [0, 0.05) is 43.5 Å². The van der Waals surface area contributed by atoms with E-state index in [0.717, 1.165) is 26.2 Å². The lowest BCUT2D eigenvalue weighted by atomic mass is 9.87. The van der Waals surface area contributed by atoms with Crippen molar-refractivity contribution in [3.05, 3.63) is 84.5 Å². The molecule has 2 nitrogen and oxygen atoms in total. The molecule has 0 fully saturated rings. The highest BCUT2D eigenvalue weighted by molar-refractivity contribution is 5.64. The van der Waals surface area contributed by atoms with Gasteiger partial charge in [-0.1, -0.05) is 61.2 Å². The molecule has 0 aliphatic carbocycles. The summed E-state index contributed by atoms with van der Waals surface area (Å²) in [5.74, 6) is 0.191. The maximum Gasteiger partial charge on any atom is 0.0408 e. The standard InChI is InChI=1S/C25H34N2/c1-6-11-16-21(22-17-12-14-19-24(22)26(7-2)8-3)23-18-13-15-20-25(23)27(9-4)10-5/h6,11-21H,1,7-10H2,2-5H3. The molecule has 144 valence electrons. The number of hydrogen-bond acceptors (Lipinski definition) is 2. The molecule has 0 saturated carbocycles. The van der Waals surface area contributed by atoms with E-state index in [4.69, 9.17) is 0 Å². The molecule has 0 heterocycles. The van der Waals surface area contributed by atoms with Gasteiger partial charge in [-0.2, -0.15) is 0 Å². The van der Waals surface area contributed by atoms with Gasteiger partial charge >= 0.3 is 0 Å². The fraction of sp³-hybridized carbons (Fsp3) is 0.360. The molecule has 0 spiro atoms. The Labute approximate surface area is 165 Å². The topological polar surface area (TPSA) is 6.48 Å². The Morgan fingerprint density at radius 3 is 1.52 bits per heavy atom. The average Bonchev–Trinajstić information content (AvgIpc) is 2.72. The zero-order valence-electron chi connectivity index (χ0n) is 17.4. The molecule has 0 saturated heterocycles. The molecule has 0 N–H and O–H groups in total. The smallest absolute Gasteiger partial charge is 0.0408 e. The third kappa shape index (κ3) is 4.82. The lowest BCUT2D eigenvalue weighted by Crippen LogP contribution is -2.25. The van der Waals surface area contributed by atoms with Gasteiger partial charge in [-0.3, -0.25) is 0 Å². The van der Waals surface area contributed by atoms with E-state index in [0.29, 0.717) is 0 Å².